The molecule has 2 heteroatoms. The fourth-order valence-electron chi connectivity index (χ4n) is 2.31. The van der Waals surface area contributed by atoms with Crippen LogP contribution in [0, 0.1) is 0 Å². The van der Waals surface area contributed by atoms with E-state index in [0.29, 0.717) is 5.73 Å². The summed E-state index contributed by atoms with van der Waals surface area (Å²) in [5, 5.41) is 0. The first-order valence-corrected chi connectivity index (χ1v) is 7.66. The highest BCUT2D eigenvalue weighted by Crippen LogP contribution is 2.19. The van der Waals surface area contributed by atoms with Crippen LogP contribution in [-0.2, 0) is 4.74 Å². The van der Waals surface area contributed by atoms with Crippen LogP contribution in [0.3, 0.4) is 0 Å². The van der Waals surface area contributed by atoms with Crippen LogP contribution in [0.1, 0.15) is 37.3 Å². The van der Waals surface area contributed by atoms with Crippen molar-refractivity contribution in [1.82, 2.24) is 0 Å². The van der Waals surface area contributed by atoms with E-state index in [4.69, 9.17) is 4.74 Å². The van der Waals surface area contributed by atoms with Gasteiger partial charge in [0.15, 0.2) is 0 Å². The van der Waals surface area contributed by atoms with Gasteiger partial charge in [0.2, 0.25) is 0 Å². The van der Waals surface area contributed by atoms with Gasteiger partial charge in [-0.15, -0.1) is 0 Å². The number of rotatable bonds is 3. The molecule has 15 heavy (non-hydrogen) atoms. The van der Waals surface area contributed by atoms with Crippen LogP contribution in [0.25, 0.3) is 0 Å². The van der Waals surface area contributed by atoms with Crippen LogP contribution in [0.4, 0.5) is 0 Å². The maximum absolute atomic E-state index is 5.83. The van der Waals surface area contributed by atoms with E-state index in [9.17, 15) is 0 Å². The van der Waals surface area contributed by atoms with E-state index in [1.54, 1.807) is 0 Å². The highest BCUT2D eigenvalue weighted by molar-refractivity contribution is 6.39. The predicted octanol–water partition coefficient (Wildman–Crippen LogP) is 2.44. The van der Waals surface area contributed by atoms with Gasteiger partial charge in [-0.25, -0.2) is 0 Å². The zero-order valence-corrected chi connectivity index (χ0v) is 10.9. The first-order valence-electron chi connectivity index (χ1n) is 6.03. The number of hydrogen-bond acceptors (Lipinski definition) is 1. The van der Waals surface area contributed by atoms with E-state index >= 15 is 0 Å². The molecule has 0 radical (unpaired) electrons. The second-order valence-electron chi connectivity index (χ2n) is 4.54. The molecular formula is C13H20OSi. The summed E-state index contributed by atoms with van der Waals surface area (Å²) in [7, 11) is -0.131. The highest BCUT2D eigenvalue weighted by atomic mass is 28.2. The third-order valence-corrected chi connectivity index (χ3v) is 5.61. The summed E-state index contributed by atoms with van der Waals surface area (Å²) in [6.07, 6.45) is 3.95. The van der Waals surface area contributed by atoms with Crippen LogP contribution in [0.15, 0.2) is 30.3 Å². The van der Waals surface area contributed by atoms with Gasteiger partial charge in [-0.1, -0.05) is 37.3 Å². The molecule has 0 N–H and O–H groups in total. The lowest BCUT2D eigenvalue weighted by Gasteiger charge is -2.25. The Morgan fingerprint density at radius 2 is 2.07 bits per heavy atom. The summed E-state index contributed by atoms with van der Waals surface area (Å²) in [5.41, 5.74) is 2.89. The Bertz CT molecular complexity index is 280. The molecule has 2 rings (SSSR count). The molecule has 0 spiro atoms. The van der Waals surface area contributed by atoms with Crippen molar-refractivity contribution in [3.8, 4) is 0 Å². The molecule has 1 aliphatic heterocycles. The summed E-state index contributed by atoms with van der Waals surface area (Å²) in [4.78, 5) is 0. The molecule has 0 aliphatic carbocycles. The minimum Gasteiger partial charge on any atom is -0.382 e. The largest absolute Gasteiger partial charge is 0.382 e. The third-order valence-electron chi connectivity index (χ3n) is 3.26. The van der Waals surface area contributed by atoms with Crippen LogP contribution in [-0.4, -0.2) is 21.9 Å². The van der Waals surface area contributed by atoms with Crippen molar-refractivity contribution in [3.05, 3.63) is 35.9 Å². The third kappa shape index (κ3) is 3.18. The van der Waals surface area contributed by atoms with Gasteiger partial charge >= 0.3 is 0 Å². The normalized spacial score (nSPS) is 24.5. The van der Waals surface area contributed by atoms with Gasteiger partial charge in [0.25, 0.3) is 0 Å². The van der Waals surface area contributed by atoms with Gasteiger partial charge in [-0.3, -0.25) is 0 Å². The monoisotopic (exact) mass is 220 g/mol. The smallest absolute Gasteiger partial charge is 0.0633 e. The first-order chi connectivity index (χ1) is 7.36. The van der Waals surface area contributed by atoms with Crippen molar-refractivity contribution in [2.45, 2.75) is 37.5 Å². The molecule has 1 aromatic rings. The fraction of sp³-hybridized carbons (Fsp3) is 0.538. The topological polar surface area (TPSA) is 9.23 Å². The Morgan fingerprint density at radius 1 is 1.27 bits per heavy atom. The zero-order chi connectivity index (χ0) is 10.5. The second kappa shape index (κ2) is 5.47. The van der Waals surface area contributed by atoms with Gasteiger partial charge in [-0.05, 0) is 30.4 Å². The van der Waals surface area contributed by atoms with E-state index in [1.807, 2.05) is 0 Å². The molecule has 82 valence electrons. The maximum atomic E-state index is 5.83. The lowest BCUT2D eigenvalue weighted by Crippen LogP contribution is -2.28. The van der Waals surface area contributed by atoms with E-state index in [1.165, 1.54) is 24.8 Å². The molecule has 1 aliphatic rings. The molecule has 0 amide bonds. The van der Waals surface area contributed by atoms with Crippen molar-refractivity contribution in [2.24, 2.45) is 0 Å². The summed E-state index contributed by atoms with van der Waals surface area (Å²) < 4.78 is 5.83. The Morgan fingerprint density at radius 3 is 2.73 bits per heavy atom. The van der Waals surface area contributed by atoms with Crippen LogP contribution in [0.2, 0.25) is 0 Å². The molecule has 0 saturated carbocycles. The Hall–Kier alpha value is -0.603. The minimum absolute atomic E-state index is 0.131. The van der Waals surface area contributed by atoms with E-state index in [0.717, 1.165) is 12.1 Å². The van der Waals surface area contributed by atoms with Crippen LogP contribution < -0.4 is 0 Å². The SMILES string of the molecule is CC([SiH2]C1CCCCO1)c1ccccc1. The quantitative estimate of drug-likeness (QED) is 0.711. The summed E-state index contributed by atoms with van der Waals surface area (Å²) in [6, 6.07) is 10.9. The summed E-state index contributed by atoms with van der Waals surface area (Å²) in [5.74, 6) is 0. The van der Waals surface area contributed by atoms with Gasteiger partial charge < -0.3 is 4.74 Å². The summed E-state index contributed by atoms with van der Waals surface area (Å²) >= 11 is 0. The average Bonchev–Trinajstić information content (AvgIpc) is 2.31. The standard InChI is InChI=1S/C13H20OSi/c1-11(12-7-3-2-4-8-12)15-13-9-5-6-10-14-13/h2-4,7-8,11,13H,5-6,9-10,15H2,1H3. The van der Waals surface area contributed by atoms with Gasteiger partial charge in [0.1, 0.15) is 0 Å². The lowest BCUT2D eigenvalue weighted by molar-refractivity contribution is 0.0644. The Kier molecular flexibility index (Phi) is 3.98. The van der Waals surface area contributed by atoms with Crippen molar-refractivity contribution in [3.63, 3.8) is 0 Å². The lowest BCUT2D eigenvalue weighted by atomic mass is 10.2. The van der Waals surface area contributed by atoms with Gasteiger partial charge in [0.05, 0.1) is 9.52 Å². The molecule has 1 fully saturated rings. The van der Waals surface area contributed by atoms with Crippen molar-refractivity contribution in [1.29, 1.82) is 0 Å². The van der Waals surface area contributed by atoms with E-state index in [-0.39, 0.29) is 9.52 Å². The molecule has 1 aromatic carbocycles. The number of benzene rings is 1. The predicted molar refractivity (Wildman–Crippen MR) is 67.0 cm³/mol. The average molecular weight is 220 g/mol. The van der Waals surface area contributed by atoms with Crippen molar-refractivity contribution < 1.29 is 4.74 Å². The second-order valence-corrected chi connectivity index (χ2v) is 7.14. The molecule has 0 aromatic heterocycles. The number of ether oxygens (including phenoxy) is 1. The van der Waals surface area contributed by atoms with Gasteiger partial charge in [0, 0.05) is 12.3 Å². The zero-order valence-electron chi connectivity index (χ0n) is 9.49. The molecule has 1 nitrogen and oxygen atoms in total. The van der Waals surface area contributed by atoms with Crippen molar-refractivity contribution in [2.75, 3.05) is 6.61 Å². The molecule has 1 saturated heterocycles. The molecule has 1 heterocycles. The molecule has 2 atom stereocenters. The molecule has 0 bridgehead atoms. The summed E-state index contributed by atoms with van der Waals surface area (Å²) in [6.45, 7) is 3.36. The Balaban J connectivity index is 1.88. The minimum atomic E-state index is -0.131. The molecular weight excluding hydrogens is 200 g/mol. The maximum Gasteiger partial charge on any atom is 0.0633 e. The van der Waals surface area contributed by atoms with Crippen LogP contribution >= 0.6 is 0 Å². The van der Waals surface area contributed by atoms with Crippen LogP contribution in [0.5, 0.6) is 0 Å². The van der Waals surface area contributed by atoms with Gasteiger partial charge in [-0.2, -0.15) is 0 Å². The molecule has 2 unspecified atom stereocenters. The van der Waals surface area contributed by atoms with E-state index < -0.39 is 0 Å². The highest BCUT2D eigenvalue weighted by Gasteiger charge is 2.18. The Labute approximate surface area is 94.7 Å². The van der Waals surface area contributed by atoms with Crippen molar-refractivity contribution >= 4 is 9.52 Å². The van der Waals surface area contributed by atoms with E-state index in [2.05, 4.69) is 37.3 Å². The first kappa shape index (κ1) is 10.9. The fourth-order valence-corrected chi connectivity index (χ4v) is 4.47. The number of hydrogen-bond donors (Lipinski definition) is 0.